The molecule has 3 rings (SSSR count). The van der Waals surface area contributed by atoms with Gasteiger partial charge >= 0.3 is 0 Å². The average Bonchev–Trinajstić information content (AvgIpc) is 3.12. The van der Waals surface area contributed by atoms with Gasteiger partial charge in [0.15, 0.2) is 11.0 Å². The molecule has 146 valence electrons. The van der Waals surface area contributed by atoms with E-state index in [1.807, 2.05) is 59.2 Å². The maximum Gasteiger partial charge on any atom is 0.234 e. The minimum Gasteiger partial charge on any atom is -0.377 e. The lowest BCUT2D eigenvalue weighted by Gasteiger charge is -2.11. The molecular formula is C20H22N4O2S2. The smallest absolute Gasteiger partial charge is 0.234 e. The van der Waals surface area contributed by atoms with Crippen molar-refractivity contribution in [3.63, 3.8) is 0 Å². The van der Waals surface area contributed by atoms with Crippen LogP contribution in [-0.4, -0.2) is 39.3 Å². The summed E-state index contributed by atoms with van der Waals surface area (Å²) in [6, 6.07) is 17.6. The Labute approximate surface area is 173 Å². The molecular weight excluding hydrogens is 392 g/mol. The summed E-state index contributed by atoms with van der Waals surface area (Å²) in [5.41, 5.74) is 1.77. The van der Waals surface area contributed by atoms with Crippen LogP contribution >= 0.6 is 23.5 Å². The van der Waals surface area contributed by atoms with Crippen molar-refractivity contribution < 1.29 is 9.53 Å². The van der Waals surface area contributed by atoms with E-state index in [1.54, 1.807) is 18.9 Å². The van der Waals surface area contributed by atoms with Crippen LogP contribution in [0.2, 0.25) is 0 Å². The Balaban J connectivity index is 1.72. The van der Waals surface area contributed by atoms with E-state index in [-0.39, 0.29) is 11.7 Å². The summed E-state index contributed by atoms with van der Waals surface area (Å²) in [5, 5.41) is 12.1. The molecule has 8 heteroatoms. The van der Waals surface area contributed by atoms with Gasteiger partial charge in [-0.2, -0.15) is 0 Å². The zero-order valence-corrected chi connectivity index (χ0v) is 17.4. The first-order valence-corrected chi connectivity index (χ1v) is 10.8. The first-order valence-electron chi connectivity index (χ1n) is 8.86. The second kappa shape index (κ2) is 10.3. The fourth-order valence-electron chi connectivity index (χ4n) is 2.62. The number of hydrogen-bond donors (Lipinski definition) is 1. The van der Waals surface area contributed by atoms with E-state index in [2.05, 4.69) is 22.4 Å². The predicted molar refractivity (Wildman–Crippen MR) is 114 cm³/mol. The molecule has 0 unspecified atom stereocenters. The number of para-hydroxylation sites is 2. The summed E-state index contributed by atoms with van der Waals surface area (Å²) in [5.74, 6) is 1.80. The maximum atomic E-state index is 12.5. The molecule has 28 heavy (non-hydrogen) atoms. The molecule has 1 aromatic heterocycles. The second-order valence-corrected chi connectivity index (χ2v) is 8.02. The van der Waals surface area contributed by atoms with E-state index >= 15 is 0 Å². The first-order chi connectivity index (χ1) is 13.7. The van der Waals surface area contributed by atoms with Crippen LogP contribution < -0.4 is 5.32 Å². The van der Waals surface area contributed by atoms with Crippen molar-refractivity contribution in [1.29, 1.82) is 0 Å². The highest BCUT2D eigenvalue weighted by atomic mass is 32.2. The average molecular weight is 415 g/mol. The molecule has 0 spiro atoms. The van der Waals surface area contributed by atoms with E-state index in [4.69, 9.17) is 4.74 Å². The second-order valence-electron chi connectivity index (χ2n) is 5.77. The lowest BCUT2D eigenvalue weighted by Crippen LogP contribution is -2.15. The number of aromatic nitrogens is 3. The third-order valence-corrected chi connectivity index (χ3v) is 5.67. The molecule has 2 aromatic carbocycles. The van der Waals surface area contributed by atoms with Gasteiger partial charge in [0, 0.05) is 17.7 Å². The third-order valence-electron chi connectivity index (χ3n) is 3.78. The molecule has 3 aromatic rings. The van der Waals surface area contributed by atoms with Crippen LogP contribution in [0.4, 0.5) is 5.69 Å². The van der Waals surface area contributed by atoms with Gasteiger partial charge in [-0.3, -0.25) is 9.36 Å². The number of nitrogens with one attached hydrogen (secondary N) is 1. The van der Waals surface area contributed by atoms with Gasteiger partial charge in [-0.1, -0.05) is 49.0 Å². The van der Waals surface area contributed by atoms with Crippen molar-refractivity contribution in [2.24, 2.45) is 0 Å². The Morgan fingerprint density at radius 1 is 1.07 bits per heavy atom. The largest absolute Gasteiger partial charge is 0.377 e. The molecule has 1 heterocycles. The molecule has 0 radical (unpaired) electrons. The van der Waals surface area contributed by atoms with Gasteiger partial charge in [-0.15, -0.1) is 22.0 Å². The van der Waals surface area contributed by atoms with Gasteiger partial charge in [0.25, 0.3) is 0 Å². The topological polar surface area (TPSA) is 69.0 Å². The molecule has 0 aliphatic rings. The molecule has 0 saturated heterocycles. The van der Waals surface area contributed by atoms with Gasteiger partial charge < -0.3 is 10.1 Å². The Bertz CT molecular complexity index is 916. The minimum atomic E-state index is -0.0787. The number of carbonyl (C=O) groups is 1. The Kier molecular flexibility index (Phi) is 7.53. The highest BCUT2D eigenvalue weighted by Gasteiger charge is 2.16. The summed E-state index contributed by atoms with van der Waals surface area (Å²) < 4.78 is 7.15. The van der Waals surface area contributed by atoms with Crippen LogP contribution in [0.15, 0.2) is 64.6 Å². The van der Waals surface area contributed by atoms with Crippen molar-refractivity contribution in [3.05, 3.63) is 60.4 Å². The number of amides is 1. The molecule has 0 aliphatic heterocycles. The van der Waals surface area contributed by atoms with Crippen molar-refractivity contribution in [1.82, 2.24) is 14.8 Å². The third kappa shape index (κ3) is 5.15. The Morgan fingerprint density at radius 3 is 2.57 bits per heavy atom. The fourth-order valence-corrected chi connectivity index (χ4v) is 4.15. The standard InChI is InChI=1S/C20H22N4O2S2/c1-3-27-17-12-8-7-11-16(17)21-19(25)14-28-20-23-22-18(13-26-2)24(20)15-9-5-4-6-10-15/h4-12H,3,13-14H2,1-2H3,(H,21,25). The number of rotatable bonds is 9. The number of anilines is 1. The van der Waals surface area contributed by atoms with Crippen LogP contribution in [0.3, 0.4) is 0 Å². The number of thioether (sulfide) groups is 2. The highest BCUT2D eigenvalue weighted by Crippen LogP contribution is 2.27. The van der Waals surface area contributed by atoms with E-state index in [0.717, 1.165) is 22.0 Å². The van der Waals surface area contributed by atoms with Crippen LogP contribution in [0.25, 0.3) is 5.69 Å². The summed E-state index contributed by atoms with van der Waals surface area (Å²) in [7, 11) is 1.62. The molecule has 1 N–H and O–H groups in total. The van der Waals surface area contributed by atoms with Gasteiger partial charge in [0.2, 0.25) is 5.91 Å². The number of methoxy groups -OCH3 is 1. The molecule has 0 saturated carbocycles. The first kappa shape index (κ1) is 20.4. The van der Waals surface area contributed by atoms with E-state index in [0.29, 0.717) is 17.6 Å². The monoisotopic (exact) mass is 414 g/mol. The molecule has 0 aliphatic carbocycles. The summed E-state index contributed by atoms with van der Waals surface area (Å²) in [6.45, 7) is 2.43. The summed E-state index contributed by atoms with van der Waals surface area (Å²) in [4.78, 5) is 13.6. The van der Waals surface area contributed by atoms with Crippen LogP contribution in [0, 0.1) is 0 Å². The molecule has 0 fully saturated rings. The van der Waals surface area contributed by atoms with E-state index < -0.39 is 0 Å². The van der Waals surface area contributed by atoms with Crippen LogP contribution in [-0.2, 0) is 16.1 Å². The van der Waals surface area contributed by atoms with Gasteiger partial charge in [-0.25, -0.2) is 0 Å². The number of hydrogen-bond acceptors (Lipinski definition) is 6. The lowest BCUT2D eigenvalue weighted by atomic mass is 10.3. The molecule has 0 atom stereocenters. The van der Waals surface area contributed by atoms with Gasteiger partial charge in [0.05, 0.1) is 11.4 Å². The fraction of sp³-hybridized carbons (Fsp3) is 0.250. The zero-order valence-electron chi connectivity index (χ0n) is 15.8. The summed E-state index contributed by atoms with van der Waals surface area (Å²) in [6.07, 6.45) is 0. The van der Waals surface area contributed by atoms with Crippen molar-refractivity contribution in [2.45, 2.75) is 23.6 Å². The SMILES string of the molecule is CCSc1ccccc1NC(=O)CSc1nnc(COC)n1-c1ccccc1. The predicted octanol–water partition coefficient (Wildman–Crippen LogP) is 4.26. The molecule has 6 nitrogen and oxygen atoms in total. The minimum absolute atomic E-state index is 0.0787. The Morgan fingerprint density at radius 2 is 1.82 bits per heavy atom. The van der Waals surface area contributed by atoms with Crippen molar-refractivity contribution >= 4 is 35.1 Å². The zero-order chi connectivity index (χ0) is 19.8. The number of nitrogens with zero attached hydrogens (tertiary/aromatic N) is 3. The number of carbonyl (C=O) groups excluding carboxylic acids is 1. The number of ether oxygens (including phenoxy) is 1. The van der Waals surface area contributed by atoms with Crippen molar-refractivity contribution in [3.8, 4) is 5.69 Å². The quantitative estimate of drug-likeness (QED) is 0.528. The molecule has 1 amide bonds. The van der Waals surface area contributed by atoms with E-state index in [1.165, 1.54) is 11.8 Å². The lowest BCUT2D eigenvalue weighted by molar-refractivity contribution is -0.113. The summed E-state index contributed by atoms with van der Waals surface area (Å²) >= 11 is 3.06. The van der Waals surface area contributed by atoms with Gasteiger partial charge in [0.1, 0.15) is 6.61 Å². The Hall–Kier alpha value is -2.29. The maximum absolute atomic E-state index is 12.5. The van der Waals surface area contributed by atoms with E-state index in [9.17, 15) is 4.79 Å². The van der Waals surface area contributed by atoms with Crippen LogP contribution in [0.5, 0.6) is 0 Å². The van der Waals surface area contributed by atoms with Gasteiger partial charge in [-0.05, 0) is 30.0 Å². The highest BCUT2D eigenvalue weighted by molar-refractivity contribution is 8.00. The molecule has 0 bridgehead atoms. The van der Waals surface area contributed by atoms with Crippen molar-refractivity contribution in [2.75, 3.05) is 23.9 Å². The normalized spacial score (nSPS) is 10.8. The van der Waals surface area contributed by atoms with Crippen LogP contribution in [0.1, 0.15) is 12.7 Å². The number of benzene rings is 2.